The summed E-state index contributed by atoms with van der Waals surface area (Å²) in [4.78, 5) is 13.8. The van der Waals surface area contributed by atoms with Crippen LogP contribution in [-0.2, 0) is 14.3 Å². The number of hydrogen-bond acceptors (Lipinski definition) is 5. The lowest BCUT2D eigenvalue weighted by Crippen LogP contribution is -2.50. The number of amides is 1. The number of morpholine rings is 1. The molecule has 0 saturated carbocycles. The molecule has 2 heterocycles. The second-order valence-electron chi connectivity index (χ2n) is 4.26. The van der Waals surface area contributed by atoms with E-state index >= 15 is 0 Å². The molecule has 2 rings (SSSR count). The molecular formula is C12H18N2O3S. The van der Waals surface area contributed by atoms with Gasteiger partial charge in [0.05, 0.1) is 19.8 Å². The van der Waals surface area contributed by atoms with Crippen molar-refractivity contribution in [1.29, 1.82) is 0 Å². The second kappa shape index (κ2) is 6.29. The number of thiophene rings is 1. The fourth-order valence-corrected chi connectivity index (χ4v) is 2.70. The molecule has 0 bridgehead atoms. The molecule has 0 aliphatic carbocycles. The van der Waals surface area contributed by atoms with Gasteiger partial charge in [-0.3, -0.25) is 4.79 Å². The van der Waals surface area contributed by atoms with Gasteiger partial charge < -0.3 is 20.1 Å². The van der Waals surface area contributed by atoms with E-state index in [0.717, 1.165) is 5.56 Å². The highest BCUT2D eigenvalue weighted by molar-refractivity contribution is 7.07. The Labute approximate surface area is 110 Å². The largest absolute Gasteiger partial charge is 0.383 e. The number of nitrogens with two attached hydrogens (primary N) is 1. The Morgan fingerprint density at radius 3 is 3.28 bits per heavy atom. The molecule has 1 aliphatic heterocycles. The van der Waals surface area contributed by atoms with Gasteiger partial charge in [-0.2, -0.15) is 11.3 Å². The highest BCUT2D eigenvalue weighted by Gasteiger charge is 2.28. The highest BCUT2D eigenvalue weighted by atomic mass is 32.1. The third-order valence-electron chi connectivity index (χ3n) is 2.96. The summed E-state index contributed by atoms with van der Waals surface area (Å²) < 4.78 is 10.6. The van der Waals surface area contributed by atoms with E-state index in [9.17, 15) is 4.79 Å². The van der Waals surface area contributed by atoms with Crippen LogP contribution in [0.15, 0.2) is 16.8 Å². The maximum Gasteiger partial charge on any atom is 0.242 e. The lowest BCUT2D eigenvalue weighted by molar-refractivity contribution is -0.141. The predicted molar refractivity (Wildman–Crippen MR) is 69.4 cm³/mol. The van der Waals surface area contributed by atoms with Crippen LogP contribution in [0, 0.1) is 0 Å². The Balaban J connectivity index is 1.96. The summed E-state index contributed by atoms with van der Waals surface area (Å²) in [6, 6.07) is 1.44. The van der Waals surface area contributed by atoms with Gasteiger partial charge in [0.15, 0.2) is 0 Å². The minimum Gasteiger partial charge on any atom is -0.383 e. The van der Waals surface area contributed by atoms with Gasteiger partial charge in [-0.15, -0.1) is 0 Å². The number of carbonyl (C=O) groups excluding carboxylic acids is 1. The van der Waals surface area contributed by atoms with Gasteiger partial charge in [-0.05, 0) is 22.4 Å². The van der Waals surface area contributed by atoms with Gasteiger partial charge in [0, 0.05) is 13.7 Å². The SMILES string of the molecule is COCC(N)C(=O)N1CCOC(c2ccsc2)C1. The van der Waals surface area contributed by atoms with E-state index < -0.39 is 6.04 Å². The number of methoxy groups -OCH3 is 1. The van der Waals surface area contributed by atoms with Crippen LogP contribution in [-0.4, -0.2) is 50.3 Å². The fraction of sp³-hybridized carbons (Fsp3) is 0.583. The molecule has 1 aromatic heterocycles. The average Bonchev–Trinajstić information content (AvgIpc) is 2.92. The molecule has 1 amide bonds. The second-order valence-corrected chi connectivity index (χ2v) is 5.04. The van der Waals surface area contributed by atoms with Crippen LogP contribution >= 0.6 is 11.3 Å². The van der Waals surface area contributed by atoms with Crippen LogP contribution in [0.25, 0.3) is 0 Å². The van der Waals surface area contributed by atoms with Crippen LogP contribution < -0.4 is 5.73 Å². The number of ether oxygens (including phenoxy) is 2. The van der Waals surface area contributed by atoms with E-state index in [0.29, 0.717) is 19.7 Å². The van der Waals surface area contributed by atoms with Crippen LogP contribution in [0.3, 0.4) is 0 Å². The molecule has 2 atom stereocenters. The average molecular weight is 270 g/mol. The monoisotopic (exact) mass is 270 g/mol. The molecule has 1 fully saturated rings. The molecule has 0 spiro atoms. The molecule has 1 saturated heterocycles. The molecule has 100 valence electrons. The summed E-state index contributed by atoms with van der Waals surface area (Å²) >= 11 is 1.63. The lowest BCUT2D eigenvalue weighted by Gasteiger charge is -2.34. The molecule has 2 N–H and O–H groups in total. The molecule has 1 aliphatic rings. The summed E-state index contributed by atoms with van der Waals surface area (Å²) in [6.45, 7) is 1.95. The predicted octanol–water partition coefficient (Wildman–Crippen LogP) is 0.622. The zero-order chi connectivity index (χ0) is 13.0. The van der Waals surface area contributed by atoms with Crippen LogP contribution in [0.1, 0.15) is 11.7 Å². The molecular weight excluding hydrogens is 252 g/mol. The standard InChI is InChI=1S/C12H18N2O3S/c1-16-7-10(13)12(15)14-3-4-17-11(6-14)9-2-5-18-8-9/h2,5,8,10-11H,3-4,6-7,13H2,1H3. The quantitative estimate of drug-likeness (QED) is 0.871. The molecule has 5 nitrogen and oxygen atoms in total. The Hall–Kier alpha value is -0.950. The Morgan fingerprint density at radius 1 is 1.78 bits per heavy atom. The van der Waals surface area contributed by atoms with Crippen LogP contribution in [0.5, 0.6) is 0 Å². The normalized spacial score (nSPS) is 21.9. The van der Waals surface area contributed by atoms with Gasteiger partial charge in [0.25, 0.3) is 0 Å². The fourth-order valence-electron chi connectivity index (χ4n) is 1.99. The first-order chi connectivity index (χ1) is 8.72. The minimum atomic E-state index is -0.587. The molecule has 0 aromatic carbocycles. The Morgan fingerprint density at radius 2 is 2.61 bits per heavy atom. The van der Waals surface area contributed by atoms with Gasteiger partial charge in [-0.1, -0.05) is 0 Å². The van der Waals surface area contributed by atoms with Crippen molar-refractivity contribution >= 4 is 17.2 Å². The number of hydrogen-bond donors (Lipinski definition) is 1. The van der Waals surface area contributed by atoms with E-state index in [1.807, 2.05) is 16.8 Å². The van der Waals surface area contributed by atoms with E-state index in [1.54, 1.807) is 23.3 Å². The number of nitrogens with zero attached hydrogens (tertiary/aromatic N) is 1. The van der Waals surface area contributed by atoms with E-state index in [1.165, 1.54) is 0 Å². The topological polar surface area (TPSA) is 64.8 Å². The highest BCUT2D eigenvalue weighted by Crippen LogP contribution is 2.24. The van der Waals surface area contributed by atoms with Crippen molar-refractivity contribution in [3.8, 4) is 0 Å². The van der Waals surface area contributed by atoms with Gasteiger partial charge in [0.2, 0.25) is 5.91 Å². The van der Waals surface area contributed by atoms with Crippen molar-refractivity contribution < 1.29 is 14.3 Å². The number of rotatable bonds is 4. The van der Waals surface area contributed by atoms with E-state index in [-0.39, 0.29) is 18.6 Å². The van der Waals surface area contributed by atoms with Crippen molar-refractivity contribution in [3.05, 3.63) is 22.4 Å². The lowest BCUT2D eigenvalue weighted by atomic mass is 10.1. The first kappa shape index (κ1) is 13.5. The van der Waals surface area contributed by atoms with Gasteiger partial charge in [0.1, 0.15) is 12.1 Å². The molecule has 0 radical (unpaired) electrons. The van der Waals surface area contributed by atoms with Crippen molar-refractivity contribution in [2.24, 2.45) is 5.73 Å². The Bertz CT molecular complexity index is 383. The Kier molecular flexibility index (Phi) is 4.71. The first-order valence-electron chi connectivity index (χ1n) is 5.89. The maximum atomic E-state index is 12.1. The first-order valence-corrected chi connectivity index (χ1v) is 6.83. The molecule has 1 aromatic rings. The van der Waals surface area contributed by atoms with Crippen molar-refractivity contribution in [2.75, 3.05) is 33.4 Å². The van der Waals surface area contributed by atoms with Crippen molar-refractivity contribution in [3.63, 3.8) is 0 Å². The molecule has 18 heavy (non-hydrogen) atoms. The summed E-state index contributed by atoms with van der Waals surface area (Å²) in [5.41, 5.74) is 6.89. The molecule has 2 unspecified atom stereocenters. The smallest absolute Gasteiger partial charge is 0.242 e. The molecule has 6 heteroatoms. The summed E-state index contributed by atoms with van der Waals surface area (Å²) in [5.74, 6) is -0.0691. The summed E-state index contributed by atoms with van der Waals surface area (Å²) in [6.07, 6.45) is -0.0382. The zero-order valence-electron chi connectivity index (χ0n) is 10.4. The minimum absolute atomic E-state index is 0.0382. The number of carbonyl (C=O) groups is 1. The maximum absolute atomic E-state index is 12.1. The summed E-state index contributed by atoms with van der Waals surface area (Å²) in [7, 11) is 1.54. The summed E-state index contributed by atoms with van der Waals surface area (Å²) in [5, 5.41) is 4.06. The van der Waals surface area contributed by atoms with E-state index in [2.05, 4.69) is 0 Å². The van der Waals surface area contributed by atoms with Crippen LogP contribution in [0.4, 0.5) is 0 Å². The van der Waals surface area contributed by atoms with Gasteiger partial charge >= 0.3 is 0 Å². The van der Waals surface area contributed by atoms with Gasteiger partial charge in [-0.25, -0.2) is 0 Å². The van der Waals surface area contributed by atoms with Crippen molar-refractivity contribution in [2.45, 2.75) is 12.1 Å². The van der Waals surface area contributed by atoms with Crippen LogP contribution in [0.2, 0.25) is 0 Å². The third-order valence-corrected chi connectivity index (χ3v) is 3.66. The van der Waals surface area contributed by atoms with Crippen molar-refractivity contribution in [1.82, 2.24) is 4.90 Å². The van der Waals surface area contributed by atoms with E-state index in [4.69, 9.17) is 15.2 Å². The zero-order valence-corrected chi connectivity index (χ0v) is 11.2. The third kappa shape index (κ3) is 3.08.